The first-order valence-corrected chi connectivity index (χ1v) is 10.7. The SMILES string of the molecule is Cc1ccc(S(=O)(=O)N2CCCN(C(=O)c3ccc(Br)cc3)CC2)cc1. The van der Waals surface area contributed by atoms with Gasteiger partial charge in [0.2, 0.25) is 10.0 Å². The molecule has 0 radical (unpaired) electrons. The van der Waals surface area contributed by atoms with Crippen molar-refractivity contribution in [2.45, 2.75) is 18.2 Å². The fourth-order valence-electron chi connectivity index (χ4n) is 2.97. The Labute approximate surface area is 162 Å². The Morgan fingerprint density at radius 1 is 0.923 bits per heavy atom. The van der Waals surface area contributed by atoms with Crippen LogP contribution in [0.25, 0.3) is 0 Å². The van der Waals surface area contributed by atoms with E-state index in [-0.39, 0.29) is 5.91 Å². The molecule has 1 saturated heterocycles. The summed E-state index contributed by atoms with van der Waals surface area (Å²) in [5, 5.41) is 0. The molecule has 5 nitrogen and oxygen atoms in total. The molecule has 2 aromatic carbocycles. The third kappa shape index (κ3) is 4.16. The van der Waals surface area contributed by atoms with Crippen LogP contribution in [0.5, 0.6) is 0 Å². The third-order valence-corrected chi connectivity index (χ3v) is 6.93. The van der Waals surface area contributed by atoms with E-state index in [0.717, 1.165) is 10.0 Å². The van der Waals surface area contributed by atoms with Crippen LogP contribution in [0.15, 0.2) is 57.9 Å². The number of carbonyl (C=O) groups excluding carboxylic acids is 1. The zero-order valence-corrected chi connectivity index (χ0v) is 17.0. The quantitative estimate of drug-likeness (QED) is 0.741. The van der Waals surface area contributed by atoms with E-state index in [2.05, 4.69) is 15.9 Å². The average Bonchev–Trinajstić information content (AvgIpc) is 2.89. The first-order valence-electron chi connectivity index (χ1n) is 8.49. The number of rotatable bonds is 3. The molecular formula is C19H21BrN2O3S. The molecule has 1 aliphatic heterocycles. The van der Waals surface area contributed by atoms with Gasteiger partial charge in [0.25, 0.3) is 5.91 Å². The van der Waals surface area contributed by atoms with E-state index in [9.17, 15) is 13.2 Å². The maximum Gasteiger partial charge on any atom is 0.253 e. The number of benzene rings is 2. The monoisotopic (exact) mass is 436 g/mol. The number of hydrogen-bond donors (Lipinski definition) is 0. The molecule has 0 N–H and O–H groups in total. The van der Waals surface area contributed by atoms with Gasteiger partial charge in [-0.25, -0.2) is 8.42 Å². The van der Waals surface area contributed by atoms with Gasteiger partial charge >= 0.3 is 0 Å². The van der Waals surface area contributed by atoms with Crippen LogP contribution >= 0.6 is 15.9 Å². The molecule has 0 spiro atoms. The lowest BCUT2D eigenvalue weighted by atomic mass is 10.2. The molecule has 3 rings (SSSR count). The number of carbonyl (C=O) groups is 1. The van der Waals surface area contributed by atoms with Crippen molar-refractivity contribution in [2.75, 3.05) is 26.2 Å². The van der Waals surface area contributed by atoms with Crippen LogP contribution in [0.4, 0.5) is 0 Å². The molecule has 1 heterocycles. The molecule has 1 amide bonds. The number of nitrogens with zero attached hydrogens (tertiary/aromatic N) is 2. The van der Waals surface area contributed by atoms with Crippen LogP contribution in [-0.4, -0.2) is 49.7 Å². The number of aryl methyl sites for hydroxylation is 1. The van der Waals surface area contributed by atoms with Gasteiger partial charge in [0.1, 0.15) is 0 Å². The molecule has 0 bridgehead atoms. The molecule has 1 aliphatic rings. The minimum atomic E-state index is -3.53. The van der Waals surface area contributed by atoms with Gasteiger partial charge in [-0.3, -0.25) is 4.79 Å². The molecule has 2 aromatic rings. The largest absolute Gasteiger partial charge is 0.337 e. The van der Waals surface area contributed by atoms with Gasteiger partial charge in [0.05, 0.1) is 4.90 Å². The molecule has 0 atom stereocenters. The smallest absolute Gasteiger partial charge is 0.253 e. The summed E-state index contributed by atoms with van der Waals surface area (Å²) in [7, 11) is -3.53. The van der Waals surface area contributed by atoms with Crippen molar-refractivity contribution in [3.63, 3.8) is 0 Å². The number of amides is 1. The van der Waals surface area contributed by atoms with Crippen LogP contribution < -0.4 is 0 Å². The van der Waals surface area contributed by atoms with E-state index < -0.39 is 10.0 Å². The highest BCUT2D eigenvalue weighted by Crippen LogP contribution is 2.19. The van der Waals surface area contributed by atoms with Crippen LogP contribution in [0.3, 0.4) is 0 Å². The highest BCUT2D eigenvalue weighted by molar-refractivity contribution is 9.10. The van der Waals surface area contributed by atoms with Gasteiger partial charge in [-0.05, 0) is 49.7 Å². The highest BCUT2D eigenvalue weighted by Gasteiger charge is 2.28. The van der Waals surface area contributed by atoms with Gasteiger partial charge in [-0.1, -0.05) is 33.6 Å². The lowest BCUT2D eigenvalue weighted by Gasteiger charge is -2.22. The normalized spacial score (nSPS) is 16.3. The van der Waals surface area contributed by atoms with Gasteiger partial charge in [0.15, 0.2) is 0 Å². The Hall–Kier alpha value is -1.70. The molecule has 0 aromatic heterocycles. The Kier molecular flexibility index (Phi) is 5.79. The van der Waals surface area contributed by atoms with E-state index >= 15 is 0 Å². The zero-order valence-electron chi connectivity index (χ0n) is 14.6. The number of sulfonamides is 1. The Morgan fingerprint density at radius 2 is 1.58 bits per heavy atom. The second kappa shape index (κ2) is 7.90. The first kappa shape index (κ1) is 19.1. The van der Waals surface area contributed by atoms with Crippen molar-refractivity contribution in [1.82, 2.24) is 9.21 Å². The van der Waals surface area contributed by atoms with Crippen molar-refractivity contribution in [1.29, 1.82) is 0 Å². The van der Waals surface area contributed by atoms with Gasteiger partial charge in [0, 0.05) is 36.2 Å². The highest BCUT2D eigenvalue weighted by atomic mass is 79.9. The molecule has 1 fully saturated rings. The van der Waals surface area contributed by atoms with E-state index in [1.807, 2.05) is 19.1 Å². The summed E-state index contributed by atoms with van der Waals surface area (Å²) in [6, 6.07) is 14.1. The number of hydrogen-bond acceptors (Lipinski definition) is 3. The van der Waals surface area contributed by atoms with Gasteiger partial charge in [-0.2, -0.15) is 4.31 Å². The summed E-state index contributed by atoms with van der Waals surface area (Å²) in [4.78, 5) is 14.7. The van der Waals surface area contributed by atoms with Crippen LogP contribution in [0.2, 0.25) is 0 Å². The summed E-state index contributed by atoms with van der Waals surface area (Å²) in [5.74, 6) is -0.0629. The van der Waals surface area contributed by atoms with Crippen molar-refractivity contribution >= 4 is 31.9 Å². The average molecular weight is 437 g/mol. The molecular weight excluding hydrogens is 416 g/mol. The maximum absolute atomic E-state index is 12.9. The Balaban J connectivity index is 1.72. The molecule has 7 heteroatoms. The number of halogens is 1. The van der Waals surface area contributed by atoms with E-state index in [1.165, 1.54) is 4.31 Å². The second-order valence-corrected chi connectivity index (χ2v) is 9.22. The van der Waals surface area contributed by atoms with Crippen LogP contribution in [0.1, 0.15) is 22.3 Å². The molecule has 26 heavy (non-hydrogen) atoms. The topological polar surface area (TPSA) is 57.7 Å². The summed E-state index contributed by atoms with van der Waals surface area (Å²) in [6.45, 7) is 3.58. The fraction of sp³-hybridized carbons (Fsp3) is 0.316. The lowest BCUT2D eigenvalue weighted by molar-refractivity contribution is 0.0764. The zero-order chi connectivity index (χ0) is 18.7. The summed E-state index contributed by atoms with van der Waals surface area (Å²) >= 11 is 3.36. The fourth-order valence-corrected chi connectivity index (χ4v) is 4.71. The molecule has 138 valence electrons. The van der Waals surface area contributed by atoms with Crippen molar-refractivity contribution in [3.8, 4) is 0 Å². The molecule has 0 aliphatic carbocycles. The Morgan fingerprint density at radius 3 is 2.23 bits per heavy atom. The minimum absolute atomic E-state index is 0.0629. The second-order valence-electron chi connectivity index (χ2n) is 6.37. The van der Waals surface area contributed by atoms with Gasteiger partial charge < -0.3 is 4.90 Å². The van der Waals surface area contributed by atoms with Crippen molar-refractivity contribution in [2.24, 2.45) is 0 Å². The van der Waals surface area contributed by atoms with Crippen LogP contribution in [0, 0.1) is 6.92 Å². The summed E-state index contributed by atoms with van der Waals surface area (Å²) < 4.78 is 28.1. The Bertz CT molecular complexity index is 880. The van der Waals surface area contributed by atoms with Crippen molar-refractivity contribution in [3.05, 3.63) is 64.1 Å². The predicted molar refractivity (Wildman–Crippen MR) is 105 cm³/mol. The van der Waals surface area contributed by atoms with E-state index in [0.29, 0.717) is 43.1 Å². The van der Waals surface area contributed by atoms with Crippen LogP contribution in [-0.2, 0) is 10.0 Å². The minimum Gasteiger partial charge on any atom is -0.337 e. The van der Waals surface area contributed by atoms with Gasteiger partial charge in [-0.15, -0.1) is 0 Å². The third-order valence-electron chi connectivity index (χ3n) is 4.49. The standard InChI is InChI=1S/C19H21BrN2O3S/c1-15-3-9-18(10-4-15)26(24,25)22-12-2-11-21(13-14-22)19(23)16-5-7-17(20)8-6-16/h3-10H,2,11-14H2,1H3. The maximum atomic E-state index is 12.9. The lowest BCUT2D eigenvalue weighted by Crippen LogP contribution is -2.37. The predicted octanol–water partition coefficient (Wildman–Crippen LogP) is 3.29. The molecule has 0 saturated carbocycles. The summed E-state index contributed by atoms with van der Waals surface area (Å²) in [6.07, 6.45) is 0.618. The summed E-state index contributed by atoms with van der Waals surface area (Å²) in [5.41, 5.74) is 1.63. The molecule has 0 unspecified atom stereocenters. The van der Waals surface area contributed by atoms with E-state index in [1.54, 1.807) is 41.3 Å². The first-order chi connectivity index (χ1) is 12.4. The van der Waals surface area contributed by atoms with Crippen molar-refractivity contribution < 1.29 is 13.2 Å². The van der Waals surface area contributed by atoms with E-state index in [4.69, 9.17) is 0 Å².